The molecule has 108 valence electrons. The number of halogens is 1. The Morgan fingerprint density at radius 2 is 1.95 bits per heavy atom. The van der Waals surface area contributed by atoms with Crippen LogP contribution in [0.1, 0.15) is 45.2 Å². The van der Waals surface area contributed by atoms with Gasteiger partial charge in [-0.25, -0.2) is 4.39 Å². The van der Waals surface area contributed by atoms with Gasteiger partial charge in [-0.1, -0.05) is 26.8 Å². The van der Waals surface area contributed by atoms with Crippen LogP contribution in [-0.4, -0.2) is 7.11 Å². The van der Waals surface area contributed by atoms with Gasteiger partial charge in [0.25, 0.3) is 0 Å². The highest BCUT2D eigenvalue weighted by atomic mass is 19.1. The predicted molar refractivity (Wildman–Crippen MR) is 76.3 cm³/mol. The second-order valence-electron chi connectivity index (χ2n) is 5.55. The third-order valence-corrected chi connectivity index (χ3v) is 3.29. The van der Waals surface area contributed by atoms with E-state index in [0.717, 1.165) is 12.8 Å². The molecule has 0 radical (unpaired) electrons. The first kappa shape index (κ1) is 15.9. The minimum absolute atomic E-state index is 0.232. The molecule has 0 fully saturated rings. The molecule has 2 unspecified atom stereocenters. The maximum Gasteiger partial charge on any atom is 0.131 e. The summed E-state index contributed by atoms with van der Waals surface area (Å²) in [7, 11) is 1.55. The predicted octanol–water partition coefficient (Wildman–Crippen LogP) is 3.41. The lowest BCUT2D eigenvalue weighted by Crippen LogP contribution is -2.30. The first-order valence-electron chi connectivity index (χ1n) is 6.78. The Hall–Kier alpha value is -1.13. The number of rotatable bonds is 7. The number of nitrogens with one attached hydrogen (secondary N) is 1. The average molecular weight is 268 g/mol. The van der Waals surface area contributed by atoms with Gasteiger partial charge in [0.15, 0.2) is 0 Å². The number of nitrogens with two attached hydrogens (primary N) is 1. The SMILES string of the molecule is COc1cccc(F)c1C(CC(C)CC(C)C)NN. The minimum atomic E-state index is -0.279. The van der Waals surface area contributed by atoms with E-state index in [1.165, 1.54) is 6.07 Å². The maximum absolute atomic E-state index is 14.0. The Balaban J connectivity index is 2.91. The molecule has 1 aromatic carbocycles. The topological polar surface area (TPSA) is 47.3 Å². The Kier molecular flexibility index (Phi) is 6.25. The summed E-state index contributed by atoms with van der Waals surface area (Å²) in [5, 5.41) is 0. The summed E-state index contributed by atoms with van der Waals surface area (Å²) < 4.78 is 19.2. The highest BCUT2D eigenvalue weighted by Gasteiger charge is 2.21. The van der Waals surface area contributed by atoms with Crippen LogP contribution in [0, 0.1) is 17.7 Å². The van der Waals surface area contributed by atoms with Crippen LogP contribution in [0.4, 0.5) is 4.39 Å². The Morgan fingerprint density at radius 1 is 1.26 bits per heavy atom. The van der Waals surface area contributed by atoms with Gasteiger partial charge in [0.2, 0.25) is 0 Å². The lowest BCUT2D eigenvalue weighted by atomic mass is 9.89. The molecule has 2 atom stereocenters. The Labute approximate surface area is 115 Å². The van der Waals surface area contributed by atoms with Gasteiger partial charge in [-0.2, -0.15) is 0 Å². The Bertz CT molecular complexity index is 396. The standard InChI is InChI=1S/C15H25FN2O/c1-10(2)8-11(3)9-13(18-17)15-12(16)6-5-7-14(15)19-4/h5-7,10-11,13,18H,8-9,17H2,1-4H3. The van der Waals surface area contributed by atoms with Crippen molar-refractivity contribution < 1.29 is 9.13 Å². The molecule has 0 bridgehead atoms. The zero-order chi connectivity index (χ0) is 14.4. The number of hydrogen-bond donors (Lipinski definition) is 2. The second-order valence-corrected chi connectivity index (χ2v) is 5.55. The van der Waals surface area contributed by atoms with Gasteiger partial charge in [0.05, 0.1) is 13.2 Å². The molecule has 0 spiro atoms. The summed E-state index contributed by atoms with van der Waals surface area (Å²) in [5.74, 6) is 6.95. The van der Waals surface area contributed by atoms with Crippen molar-refractivity contribution in [2.45, 2.75) is 39.7 Å². The van der Waals surface area contributed by atoms with Crippen molar-refractivity contribution in [2.24, 2.45) is 17.7 Å². The monoisotopic (exact) mass is 268 g/mol. The molecule has 1 aromatic rings. The number of methoxy groups -OCH3 is 1. The number of benzene rings is 1. The summed E-state index contributed by atoms with van der Waals surface area (Å²) >= 11 is 0. The molecule has 19 heavy (non-hydrogen) atoms. The lowest BCUT2D eigenvalue weighted by Gasteiger charge is -2.23. The van der Waals surface area contributed by atoms with E-state index in [2.05, 4.69) is 26.2 Å². The van der Waals surface area contributed by atoms with Crippen molar-refractivity contribution in [1.82, 2.24) is 5.43 Å². The number of ether oxygens (including phenoxy) is 1. The molecular weight excluding hydrogens is 243 g/mol. The van der Waals surface area contributed by atoms with Crippen LogP contribution >= 0.6 is 0 Å². The van der Waals surface area contributed by atoms with Gasteiger partial charge in [-0.05, 0) is 36.8 Å². The fourth-order valence-corrected chi connectivity index (χ4v) is 2.61. The smallest absolute Gasteiger partial charge is 0.131 e. The second kappa shape index (κ2) is 7.46. The average Bonchev–Trinajstić information content (AvgIpc) is 2.35. The molecule has 1 rings (SSSR count). The fraction of sp³-hybridized carbons (Fsp3) is 0.600. The van der Waals surface area contributed by atoms with Gasteiger partial charge in [0, 0.05) is 5.56 Å². The highest BCUT2D eigenvalue weighted by molar-refractivity contribution is 5.37. The number of hydrazine groups is 1. The maximum atomic E-state index is 14.0. The number of hydrogen-bond acceptors (Lipinski definition) is 3. The molecule has 0 saturated carbocycles. The van der Waals surface area contributed by atoms with E-state index in [9.17, 15) is 4.39 Å². The first-order valence-corrected chi connectivity index (χ1v) is 6.78. The quantitative estimate of drug-likeness (QED) is 0.588. The largest absolute Gasteiger partial charge is 0.496 e. The van der Waals surface area contributed by atoms with E-state index in [0.29, 0.717) is 23.1 Å². The van der Waals surface area contributed by atoms with E-state index in [1.54, 1.807) is 19.2 Å². The summed E-state index contributed by atoms with van der Waals surface area (Å²) in [6.45, 7) is 6.54. The summed E-state index contributed by atoms with van der Waals surface area (Å²) in [5.41, 5.74) is 3.23. The van der Waals surface area contributed by atoms with E-state index in [1.807, 2.05) is 0 Å². The van der Waals surface area contributed by atoms with Gasteiger partial charge < -0.3 is 4.74 Å². The van der Waals surface area contributed by atoms with E-state index in [-0.39, 0.29) is 11.9 Å². The van der Waals surface area contributed by atoms with Gasteiger partial charge in [-0.15, -0.1) is 0 Å². The van der Waals surface area contributed by atoms with Crippen LogP contribution < -0.4 is 16.0 Å². The van der Waals surface area contributed by atoms with E-state index < -0.39 is 0 Å². The highest BCUT2D eigenvalue weighted by Crippen LogP contribution is 2.32. The van der Waals surface area contributed by atoms with Gasteiger partial charge in [-0.3, -0.25) is 11.3 Å². The first-order chi connectivity index (χ1) is 8.99. The van der Waals surface area contributed by atoms with Crippen molar-refractivity contribution in [2.75, 3.05) is 7.11 Å². The molecule has 0 amide bonds. The molecular formula is C15H25FN2O. The van der Waals surface area contributed by atoms with Crippen LogP contribution in [0.2, 0.25) is 0 Å². The summed E-state index contributed by atoms with van der Waals surface area (Å²) in [6.07, 6.45) is 1.88. The van der Waals surface area contributed by atoms with Gasteiger partial charge in [0.1, 0.15) is 11.6 Å². The normalized spacial score (nSPS) is 14.5. The molecule has 3 N–H and O–H groups in total. The van der Waals surface area contributed by atoms with Crippen LogP contribution in [0.25, 0.3) is 0 Å². The fourth-order valence-electron chi connectivity index (χ4n) is 2.61. The molecule has 0 saturated heterocycles. The molecule has 0 aliphatic carbocycles. The molecule has 0 aliphatic heterocycles. The molecule has 3 nitrogen and oxygen atoms in total. The minimum Gasteiger partial charge on any atom is -0.496 e. The summed E-state index contributed by atoms with van der Waals surface area (Å²) in [6, 6.07) is 4.61. The van der Waals surface area contributed by atoms with Crippen LogP contribution in [0.15, 0.2) is 18.2 Å². The lowest BCUT2D eigenvalue weighted by molar-refractivity contribution is 0.338. The molecule has 0 aromatic heterocycles. The molecule has 4 heteroatoms. The van der Waals surface area contributed by atoms with E-state index in [4.69, 9.17) is 10.6 Å². The molecule has 0 aliphatic rings. The third kappa shape index (κ3) is 4.48. The van der Waals surface area contributed by atoms with Crippen molar-refractivity contribution in [3.63, 3.8) is 0 Å². The van der Waals surface area contributed by atoms with E-state index >= 15 is 0 Å². The summed E-state index contributed by atoms with van der Waals surface area (Å²) in [4.78, 5) is 0. The van der Waals surface area contributed by atoms with Crippen molar-refractivity contribution in [1.29, 1.82) is 0 Å². The van der Waals surface area contributed by atoms with Crippen LogP contribution in [-0.2, 0) is 0 Å². The van der Waals surface area contributed by atoms with Crippen molar-refractivity contribution in [3.8, 4) is 5.75 Å². The van der Waals surface area contributed by atoms with Crippen molar-refractivity contribution >= 4 is 0 Å². The third-order valence-electron chi connectivity index (χ3n) is 3.29. The van der Waals surface area contributed by atoms with Gasteiger partial charge >= 0.3 is 0 Å². The molecule has 0 heterocycles. The van der Waals surface area contributed by atoms with Crippen LogP contribution in [0.3, 0.4) is 0 Å². The zero-order valence-corrected chi connectivity index (χ0v) is 12.2. The van der Waals surface area contributed by atoms with Crippen molar-refractivity contribution in [3.05, 3.63) is 29.6 Å². The Morgan fingerprint density at radius 3 is 2.47 bits per heavy atom. The van der Waals surface area contributed by atoms with Crippen LogP contribution in [0.5, 0.6) is 5.75 Å². The zero-order valence-electron chi connectivity index (χ0n) is 12.2.